The molecule has 106 valence electrons. The van der Waals surface area contributed by atoms with Crippen LogP contribution in [0.5, 0.6) is 0 Å². The fourth-order valence-corrected chi connectivity index (χ4v) is 1.88. The van der Waals surface area contributed by atoms with Gasteiger partial charge in [-0.1, -0.05) is 17.7 Å². The normalized spacial score (nSPS) is 9.76. The number of anilines is 2. The van der Waals surface area contributed by atoms with Gasteiger partial charge in [-0.3, -0.25) is 4.79 Å². The first-order chi connectivity index (χ1) is 10.1. The molecule has 0 bridgehead atoms. The van der Waals surface area contributed by atoms with Crippen molar-refractivity contribution in [3.63, 3.8) is 0 Å². The zero-order valence-corrected chi connectivity index (χ0v) is 11.6. The van der Waals surface area contributed by atoms with Gasteiger partial charge in [0.25, 0.3) is 0 Å². The zero-order valence-electron chi connectivity index (χ0n) is 10.9. The van der Waals surface area contributed by atoms with Gasteiger partial charge in [0, 0.05) is 5.69 Å². The van der Waals surface area contributed by atoms with Crippen LogP contribution in [0.15, 0.2) is 42.5 Å². The van der Waals surface area contributed by atoms with Crippen LogP contribution in [-0.2, 0) is 4.79 Å². The van der Waals surface area contributed by atoms with E-state index in [4.69, 9.17) is 16.9 Å². The first-order valence-electron chi connectivity index (χ1n) is 6.07. The molecule has 2 aromatic rings. The molecule has 4 nitrogen and oxygen atoms in total. The first-order valence-corrected chi connectivity index (χ1v) is 6.45. The highest BCUT2D eigenvalue weighted by Gasteiger charge is 2.06. The maximum absolute atomic E-state index is 12.9. The molecular formula is C15H11ClFN3O. The third kappa shape index (κ3) is 4.20. The summed E-state index contributed by atoms with van der Waals surface area (Å²) in [6.45, 7) is 0.00257. The monoisotopic (exact) mass is 303 g/mol. The maximum atomic E-state index is 12.9. The quantitative estimate of drug-likeness (QED) is 0.910. The number of benzene rings is 2. The molecule has 1 amide bonds. The average molecular weight is 304 g/mol. The van der Waals surface area contributed by atoms with Crippen molar-refractivity contribution in [3.05, 3.63) is 58.9 Å². The minimum Gasteiger partial charge on any atom is -0.376 e. The van der Waals surface area contributed by atoms with E-state index in [1.807, 2.05) is 6.07 Å². The van der Waals surface area contributed by atoms with Crippen molar-refractivity contribution >= 4 is 28.9 Å². The highest BCUT2D eigenvalue weighted by atomic mass is 35.5. The summed E-state index contributed by atoms with van der Waals surface area (Å²) >= 11 is 5.82. The van der Waals surface area contributed by atoms with Crippen molar-refractivity contribution in [2.24, 2.45) is 0 Å². The SMILES string of the molecule is N#Cc1cccc(NCC(=O)Nc2ccc(F)cc2Cl)c1. The molecular weight excluding hydrogens is 293 g/mol. The van der Waals surface area contributed by atoms with Crippen LogP contribution in [0.25, 0.3) is 0 Å². The summed E-state index contributed by atoms with van der Waals surface area (Å²) in [6, 6.07) is 12.5. The van der Waals surface area contributed by atoms with E-state index in [-0.39, 0.29) is 17.5 Å². The lowest BCUT2D eigenvalue weighted by Gasteiger charge is -2.09. The Bertz CT molecular complexity index is 712. The second-order valence-corrected chi connectivity index (χ2v) is 4.63. The van der Waals surface area contributed by atoms with Crippen LogP contribution in [0.1, 0.15) is 5.56 Å². The van der Waals surface area contributed by atoms with Gasteiger partial charge in [0.15, 0.2) is 0 Å². The predicted octanol–water partition coefficient (Wildman–Crippen LogP) is 3.40. The minimum absolute atomic E-state index is 0.00257. The second kappa shape index (κ2) is 6.73. The number of carbonyl (C=O) groups excluding carboxylic acids is 1. The third-order valence-electron chi connectivity index (χ3n) is 2.65. The van der Waals surface area contributed by atoms with Gasteiger partial charge >= 0.3 is 0 Å². The van der Waals surface area contributed by atoms with E-state index in [1.165, 1.54) is 12.1 Å². The van der Waals surface area contributed by atoms with Gasteiger partial charge in [-0.15, -0.1) is 0 Å². The van der Waals surface area contributed by atoms with Crippen LogP contribution in [0.3, 0.4) is 0 Å². The average Bonchev–Trinajstić information content (AvgIpc) is 2.48. The van der Waals surface area contributed by atoms with Gasteiger partial charge < -0.3 is 10.6 Å². The van der Waals surface area contributed by atoms with Crippen LogP contribution in [0.2, 0.25) is 5.02 Å². The Morgan fingerprint density at radius 3 is 2.81 bits per heavy atom. The van der Waals surface area contributed by atoms with Gasteiger partial charge in [0.2, 0.25) is 5.91 Å². The third-order valence-corrected chi connectivity index (χ3v) is 2.96. The predicted molar refractivity (Wildman–Crippen MR) is 79.7 cm³/mol. The summed E-state index contributed by atoms with van der Waals surface area (Å²) in [5, 5.41) is 14.4. The molecule has 2 aromatic carbocycles. The van der Waals surface area contributed by atoms with E-state index < -0.39 is 5.82 Å². The molecule has 0 heterocycles. The Morgan fingerprint density at radius 2 is 2.10 bits per heavy atom. The molecule has 0 spiro atoms. The molecule has 0 aromatic heterocycles. The van der Waals surface area contributed by atoms with Gasteiger partial charge in [-0.2, -0.15) is 5.26 Å². The van der Waals surface area contributed by atoms with Crippen LogP contribution in [0, 0.1) is 17.1 Å². The molecule has 0 unspecified atom stereocenters. The smallest absolute Gasteiger partial charge is 0.243 e. The molecule has 0 saturated heterocycles. The lowest BCUT2D eigenvalue weighted by molar-refractivity contribution is -0.114. The lowest BCUT2D eigenvalue weighted by Crippen LogP contribution is -2.21. The Balaban J connectivity index is 1.94. The van der Waals surface area contributed by atoms with E-state index >= 15 is 0 Å². The summed E-state index contributed by atoms with van der Waals surface area (Å²) in [7, 11) is 0. The van der Waals surface area contributed by atoms with Crippen LogP contribution < -0.4 is 10.6 Å². The fraction of sp³-hybridized carbons (Fsp3) is 0.0667. The largest absolute Gasteiger partial charge is 0.376 e. The molecule has 0 aliphatic heterocycles. The van der Waals surface area contributed by atoms with Gasteiger partial charge in [-0.05, 0) is 36.4 Å². The van der Waals surface area contributed by atoms with Crippen molar-refractivity contribution in [2.75, 3.05) is 17.2 Å². The second-order valence-electron chi connectivity index (χ2n) is 4.22. The summed E-state index contributed by atoms with van der Waals surface area (Å²) in [5.74, 6) is -0.796. The molecule has 6 heteroatoms. The summed E-state index contributed by atoms with van der Waals surface area (Å²) in [4.78, 5) is 11.8. The molecule has 0 radical (unpaired) electrons. The van der Waals surface area contributed by atoms with Crippen molar-refractivity contribution in [1.29, 1.82) is 5.26 Å². The number of hydrogen-bond acceptors (Lipinski definition) is 3. The fourth-order valence-electron chi connectivity index (χ4n) is 1.67. The molecule has 21 heavy (non-hydrogen) atoms. The van der Waals surface area contributed by atoms with Crippen molar-refractivity contribution in [1.82, 2.24) is 0 Å². The summed E-state index contributed by atoms with van der Waals surface area (Å²) in [5.41, 5.74) is 1.51. The maximum Gasteiger partial charge on any atom is 0.243 e. The number of halogens is 2. The van der Waals surface area contributed by atoms with Gasteiger partial charge in [0.05, 0.1) is 28.9 Å². The molecule has 0 aliphatic carbocycles. The van der Waals surface area contributed by atoms with E-state index in [0.29, 0.717) is 16.9 Å². The number of carbonyl (C=O) groups is 1. The van der Waals surface area contributed by atoms with E-state index in [1.54, 1.807) is 24.3 Å². The minimum atomic E-state index is -0.468. The number of amides is 1. The standard InChI is InChI=1S/C15H11ClFN3O/c16-13-7-11(17)4-5-14(13)20-15(21)9-19-12-3-1-2-10(6-12)8-18/h1-7,19H,9H2,(H,20,21). The Morgan fingerprint density at radius 1 is 1.29 bits per heavy atom. The number of nitriles is 1. The summed E-state index contributed by atoms with van der Waals surface area (Å²) in [6.07, 6.45) is 0. The van der Waals surface area contributed by atoms with E-state index in [9.17, 15) is 9.18 Å². The van der Waals surface area contributed by atoms with E-state index in [2.05, 4.69) is 10.6 Å². The molecule has 0 aliphatic rings. The Labute approximate surface area is 126 Å². The zero-order chi connectivity index (χ0) is 15.2. The Hall–Kier alpha value is -2.58. The molecule has 0 fully saturated rings. The van der Waals surface area contributed by atoms with Crippen LogP contribution >= 0.6 is 11.6 Å². The number of nitrogens with one attached hydrogen (secondary N) is 2. The summed E-state index contributed by atoms with van der Waals surface area (Å²) < 4.78 is 12.9. The van der Waals surface area contributed by atoms with Crippen molar-refractivity contribution in [3.8, 4) is 6.07 Å². The van der Waals surface area contributed by atoms with Crippen LogP contribution in [0.4, 0.5) is 15.8 Å². The van der Waals surface area contributed by atoms with E-state index in [0.717, 1.165) is 6.07 Å². The topological polar surface area (TPSA) is 64.9 Å². The van der Waals surface area contributed by atoms with Crippen molar-refractivity contribution < 1.29 is 9.18 Å². The highest BCUT2D eigenvalue weighted by Crippen LogP contribution is 2.22. The molecule has 0 atom stereocenters. The van der Waals surface area contributed by atoms with Crippen LogP contribution in [-0.4, -0.2) is 12.5 Å². The molecule has 0 saturated carbocycles. The van der Waals surface area contributed by atoms with Gasteiger partial charge in [-0.25, -0.2) is 4.39 Å². The Kier molecular flexibility index (Phi) is 4.75. The lowest BCUT2D eigenvalue weighted by atomic mass is 10.2. The number of nitrogens with zero attached hydrogens (tertiary/aromatic N) is 1. The van der Waals surface area contributed by atoms with Gasteiger partial charge in [0.1, 0.15) is 5.82 Å². The number of hydrogen-bond donors (Lipinski definition) is 2. The number of rotatable bonds is 4. The molecule has 2 rings (SSSR count). The van der Waals surface area contributed by atoms with Crippen molar-refractivity contribution in [2.45, 2.75) is 0 Å². The first kappa shape index (κ1) is 14.8. The highest BCUT2D eigenvalue weighted by molar-refractivity contribution is 6.33. The molecule has 2 N–H and O–H groups in total.